The van der Waals surface area contributed by atoms with Crippen molar-refractivity contribution in [3.05, 3.63) is 44.4 Å². The highest BCUT2D eigenvalue weighted by molar-refractivity contribution is 14.1. The van der Waals surface area contributed by atoms with Crippen LogP contribution in [0.4, 0.5) is 0 Å². The van der Waals surface area contributed by atoms with Crippen molar-refractivity contribution in [2.75, 3.05) is 0 Å². The summed E-state index contributed by atoms with van der Waals surface area (Å²) in [5.41, 5.74) is 2.03. The Labute approximate surface area is 130 Å². The smallest absolute Gasteiger partial charge is 0.143 e. The first kappa shape index (κ1) is 12.4. The molecule has 0 atom stereocenters. The molecule has 90 valence electrons. The number of thiazole rings is 1. The van der Waals surface area contributed by atoms with E-state index in [1.54, 1.807) is 11.3 Å². The summed E-state index contributed by atoms with van der Waals surface area (Å²) >= 11 is 7.13. The number of phenols is 1. The van der Waals surface area contributed by atoms with E-state index >= 15 is 0 Å². The Morgan fingerprint density at radius 2 is 2.00 bits per heavy atom. The highest BCUT2D eigenvalue weighted by Crippen LogP contribution is 2.37. The zero-order chi connectivity index (χ0) is 12.7. The molecular weight excluding hydrogens is 425 g/mol. The quantitative estimate of drug-likeness (QED) is 0.547. The lowest BCUT2D eigenvalue weighted by molar-refractivity contribution is 0.468. The number of phenolic OH excluding ortho intramolecular Hbond substituents is 1. The second-order valence-corrected chi connectivity index (χ2v) is 6.82. The summed E-state index contributed by atoms with van der Waals surface area (Å²) in [5, 5.41) is 10.7. The average Bonchev–Trinajstić information content (AvgIpc) is 2.79. The summed E-state index contributed by atoms with van der Waals surface area (Å²) in [4.78, 5) is 4.61. The number of nitrogens with zero attached hydrogens (tertiary/aromatic N) is 1. The molecule has 1 heterocycles. The largest absolute Gasteiger partial charge is 0.506 e. The monoisotopic (exact) mass is 431 g/mol. The first-order valence-corrected chi connectivity index (χ1v) is 7.88. The van der Waals surface area contributed by atoms with Crippen molar-refractivity contribution in [3.8, 4) is 16.3 Å². The van der Waals surface area contributed by atoms with Gasteiger partial charge in [-0.1, -0.05) is 12.1 Å². The van der Waals surface area contributed by atoms with Crippen molar-refractivity contribution >= 4 is 60.1 Å². The van der Waals surface area contributed by atoms with Crippen molar-refractivity contribution in [1.29, 1.82) is 0 Å². The Hall–Kier alpha value is -0.660. The molecule has 0 aliphatic heterocycles. The van der Waals surface area contributed by atoms with Gasteiger partial charge in [-0.15, -0.1) is 11.3 Å². The van der Waals surface area contributed by atoms with Crippen LogP contribution in [0.2, 0.25) is 0 Å². The van der Waals surface area contributed by atoms with Gasteiger partial charge in [0, 0.05) is 5.56 Å². The lowest BCUT2D eigenvalue weighted by Gasteiger charge is -2.03. The van der Waals surface area contributed by atoms with Gasteiger partial charge in [0.25, 0.3) is 0 Å². The topological polar surface area (TPSA) is 33.1 Å². The number of halogens is 2. The molecule has 0 saturated carbocycles. The van der Waals surface area contributed by atoms with E-state index in [1.165, 1.54) is 4.70 Å². The SMILES string of the molecule is Oc1c(Br)cc(-c2nc3ccccc3s2)cc1I. The van der Waals surface area contributed by atoms with Crippen molar-refractivity contribution < 1.29 is 5.11 Å². The molecule has 0 amide bonds. The second kappa shape index (κ2) is 4.79. The van der Waals surface area contributed by atoms with E-state index < -0.39 is 0 Å². The van der Waals surface area contributed by atoms with Crippen LogP contribution in [0.5, 0.6) is 5.75 Å². The third kappa shape index (κ3) is 2.15. The minimum Gasteiger partial charge on any atom is -0.506 e. The molecular formula is C13H7BrINOS. The van der Waals surface area contributed by atoms with Crippen LogP contribution in [0.1, 0.15) is 0 Å². The number of fused-ring (bicyclic) bond motifs is 1. The van der Waals surface area contributed by atoms with Crippen LogP contribution in [0.25, 0.3) is 20.8 Å². The van der Waals surface area contributed by atoms with E-state index in [0.29, 0.717) is 4.47 Å². The number of aromatic hydroxyl groups is 1. The zero-order valence-corrected chi connectivity index (χ0v) is 13.6. The van der Waals surface area contributed by atoms with Crippen LogP contribution >= 0.6 is 49.9 Å². The molecule has 0 spiro atoms. The first-order valence-electron chi connectivity index (χ1n) is 5.19. The average molecular weight is 432 g/mol. The molecule has 3 aromatic rings. The molecule has 5 heteroatoms. The Morgan fingerprint density at radius 1 is 1.22 bits per heavy atom. The molecule has 0 radical (unpaired) electrons. The number of benzene rings is 2. The molecule has 0 unspecified atom stereocenters. The van der Waals surface area contributed by atoms with Gasteiger partial charge in [0.2, 0.25) is 0 Å². The van der Waals surface area contributed by atoms with Crippen LogP contribution in [-0.4, -0.2) is 10.1 Å². The first-order chi connectivity index (χ1) is 8.65. The van der Waals surface area contributed by atoms with Crippen LogP contribution in [-0.2, 0) is 0 Å². The molecule has 2 aromatic carbocycles. The van der Waals surface area contributed by atoms with E-state index in [9.17, 15) is 5.11 Å². The summed E-state index contributed by atoms with van der Waals surface area (Å²) in [6.07, 6.45) is 0. The zero-order valence-electron chi connectivity index (χ0n) is 9.02. The van der Waals surface area contributed by atoms with Gasteiger partial charge in [-0.2, -0.15) is 0 Å². The Morgan fingerprint density at radius 3 is 2.72 bits per heavy atom. The number of rotatable bonds is 1. The minimum atomic E-state index is 0.278. The summed E-state index contributed by atoms with van der Waals surface area (Å²) in [6, 6.07) is 11.9. The fraction of sp³-hybridized carbons (Fsp3) is 0. The van der Waals surface area contributed by atoms with Gasteiger partial charge in [-0.05, 0) is 62.8 Å². The predicted octanol–water partition coefficient (Wildman–Crippen LogP) is 5.04. The van der Waals surface area contributed by atoms with Gasteiger partial charge in [0.05, 0.1) is 18.3 Å². The van der Waals surface area contributed by atoms with E-state index in [-0.39, 0.29) is 5.75 Å². The third-order valence-electron chi connectivity index (χ3n) is 2.56. The van der Waals surface area contributed by atoms with Crippen LogP contribution in [0.15, 0.2) is 40.9 Å². The van der Waals surface area contributed by atoms with Crippen LogP contribution < -0.4 is 0 Å². The Bertz CT molecular complexity index is 685. The maximum absolute atomic E-state index is 9.75. The molecule has 3 rings (SSSR count). The second-order valence-electron chi connectivity index (χ2n) is 3.78. The van der Waals surface area contributed by atoms with Gasteiger partial charge in [0.1, 0.15) is 10.8 Å². The number of aromatic nitrogens is 1. The summed E-state index contributed by atoms with van der Waals surface area (Å²) < 4.78 is 2.69. The standard InChI is InChI=1S/C13H7BrINOS/c14-8-5-7(6-9(15)12(8)17)13-16-10-3-1-2-4-11(10)18-13/h1-6,17H. The van der Waals surface area contributed by atoms with Gasteiger partial charge >= 0.3 is 0 Å². The highest BCUT2D eigenvalue weighted by Gasteiger charge is 2.10. The maximum atomic E-state index is 9.75. The van der Waals surface area contributed by atoms with Crippen molar-refractivity contribution in [1.82, 2.24) is 4.98 Å². The molecule has 0 aliphatic rings. The number of hydrogen-bond acceptors (Lipinski definition) is 3. The molecule has 0 saturated heterocycles. The molecule has 1 N–H and O–H groups in total. The molecule has 2 nitrogen and oxygen atoms in total. The lowest BCUT2D eigenvalue weighted by atomic mass is 10.2. The Balaban J connectivity index is 2.20. The van der Waals surface area contributed by atoms with Gasteiger partial charge in [0.15, 0.2) is 0 Å². The van der Waals surface area contributed by atoms with Crippen LogP contribution in [0.3, 0.4) is 0 Å². The van der Waals surface area contributed by atoms with Crippen molar-refractivity contribution in [2.45, 2.75) is 0 Å². The highest BCUT2D eigenvalue weighted by atomic mass is 127. The molecule has 18 heavy (non-hydrogen) atoms. The predicted molar refractivity (Wildman–Crippen MR) is 87.1 cm³/mol. The van der Waals surface area contributed by atoms with E-state index in [0.717, 1.165) is 19.7 Å². The van der Waals surface area contributed by atoms with Gasteiger partial charge in [-0.3, -0.25) is 0 Å². The van der Waals surface area contributed by atoms with E-state index in [4.69, 9.17) is 0 Å². The molecule has 0 bridgehead atoms. The molecule has 0 aliphatic carbocycles. The Kier molecular flexibility index (Phi) is 3.29. The van der Waals surface area contributed by atoms with Gasteiger partial charge < -0.3 is 5.11 Å². The summed E-state index contributed by atoms with van der Waals surface area (Å²) in [7, 11) is 0. The summed E-state index contributed by atoms with van der Waals surface area (Å²) in [6.45, 7) is 0. The van der Waals surface area contributed by atoms with Crippen molar-refractivity contribution in [3.63, 3.8) is 0 Å². The van der Waals surface area contributed by atoms with Crippen molar-refractivity contribution in [2.24, 2.45) is 0 Å². The van der Waals surface area contributed by atoms with E-state index in [1.807, 2.05) is 30.3 Å². The minimum absolute atomic E-state index is 0.278. The lowest BCUT2D eigenvalue weighted by Crippen LogP contribution is -1.81. The van der Waals surface area contributed by atoms with Gasteiger partial charge in [-0.25, -0.2) is 4.98 Å². The fourth-order valence-corrected chi connectivity index (χ4v) is 4.09. The van der Waals surface area contributed by atoms with Crippen LogP contribution in [0, 0.1) is 3.57 Å². The number of hydrogen-bond donors (Lipinski definition) is 1. The van der Waals surface area contributed by atoms with E-state index in [2.05, 4.69) is 49.6 Å². The molecule has 1 aromatic heterocycles. The molecule has 0 fully saturated rings. The maximum Gasteiger partial charge on any atom is 0.143 e. The number of para-hydroxylation sites is 1. The fourth-order valence-electron chi connectivity index (χ4n) is 1.68. The third-order valence-corrected chi connectivity index (χ3v) is 5.07. The summed E-state index contributed by atoms with van der Waals surface area (Å²) in [5.74, 6) is 0.278. The normalized spacial score (nSPS) is 11.0.